The number of hydrogen-bond acceptors (Lipinski definition) is 1. The van der Waals surface area contributed by atoms with Crippen LogP contribution in [0.3, 0.4) is 0 Å². The second-order valence-corrected chi connectivity index (χ2v) is 13.7. The van der Waals surface area contributed by atoms with Gasteiger partial charge in [0.1, 0.15) is 0 Å². The van der Waals surface area contributed by atoms with Gasteiger partial charge in [0, 0.05) is 13.6 Å². The van der Waals surface area contributed by atoms with Crippen molar-refractivity contribution in [2.75, 3.05) is 0 Å². The largest absolute Gasteiger partial charge is 0.478 e. The van der Waals surface area contributed by atoms with Gasteiger partial charge >= 0.3 is 5.97 Å². The van der Waals surface area contributed by atoms with E-state index < -0.39 is 14.0 Å². The van der Waals surface area contributed by atoms with Crippen molar-refractivity contribution in [2.24, 2.45) is 23.7 Å². The Labute approximate surface area is 125 Å². The van der Waals surface area contributed by atoms with Crippen molar-refractivity contribution in [3.05, 3.63) is 11.6 Å². The number of carbonyl (C=O) groups is 1. The van der Waals surface area contributed by atoms with Crippen LogP contribution in [0.25, 0.3) is 0 Å². The monoisotopic (exact) mass is 296 g/mol. The average molecular weight is 297 g/mol. The minimum absolute atomic E-state index is 0.257. The van der Waals surface area contributed by atoms with E-state index in [1.807, 2.05) is 0 Å². The van der Waals surface area contributed by atoms with Crippen molar-refractivity contribution < 1.29 is 9.90 Å². The second kappa shape index (κ2) is 6.93. The molecule has 1 fully saturated rings. The normalized spacial score (nSPS) is 28.8. The van der Waals surface area contributed by atoms with Crippen molar-refractivity contribution in [1.29, 1.82) is 0 Å². The Kier molecular flexibility index (Phi) is 6.05. The molecular weight excluding hydrogens is 264 g/mol. The summed E-state index contributed by atoms with van der Waals surface area (Å²) in [6.45, 7) is 13.6. The van der Waals surface area contributed by atoms with Crippen molar-refractivity contribution >= 4 is 14.0 Å². The van der Waals surface area contributed by atoms with E-state index >= 15 is 0 Å². The molecule has 0 radical (unpaired) electrons. The lowest BCUT2D eigenvalue weighted by molar-refractivity contribution is -0.133. The summed E-state index contributed by atoms with van der Waals surface area (Å²) in [4.78, 5) is 11.7. The molecule has 116 valence electrons. The van der Waals surface area contributed by atoms with Crippen LogP contribution in [0.1, 0.15) is 40.0 Å². The third-order valence-electron chi connectivity index (χ3n) is 4.60. The average Bonchev–Trinajstić information content (AvgIpc) is 2.26. The molecule has 1 aliphatic rings. The molecule has 0 spiro atoms. The van der Waals surface area contributed by atoms with Gasteiger partial charge in [0.05, 0.1) is 0 Å². The van der Waals surface area contributed by atoms with Crippen LogP contribution < -0.4 is 0 Å². The molecule has 0 bridgehead atoms. The standard InChI is InChI=1S/C17H32O2Si/c1-12(2)14-8-7-13(3)11-16(14)15(17(18)19)9-10-20(4,5)6/h9,12-14,16H,7-8,10-11H2,1-6H3,(H,18,19)/b15-9+/t13-,14+,16-/m0/s1. The van der Waals surface area contributed by atoms with Crippen LogP contribution in [0.4, 0.5) is 0 Å². The first-order valence-electron chi connectivity index (χ1n) is 8.05. The van der Waals surface area contributed by atoms with Gasteiger partial charge in [-0.3, -0.25) is 0 Å². The van der Waals surface area contributed by atoms with E-state index in [1.54, 1.807) is 0 Å². The fourth-order valence-corrected chi connectivity index (χ4v) is 4.21. The molecule has 3 heteroatoms. The molecule has 0 unspecified atom stereocenters. The summed E-state index contributed by atoms with van der Waals surface area (Å²) >= 11 is 0. The van der Waals surface area contributed by atoms with Gasteiger partial charge in [-0.2, -0.15) is 0 Å². The van der Waals surface area contributed by atoms with E-state index in [0.717, 1.165) is 12.5 Å². The molecule has 0 aliphatic heterocycles. The number of allylic oxidation sites excluding steroid dienone is 1. The quantitative estimate of drug-likeness (QED) is 0.570. The van der Waals surface area contributed by atoms with Gasteiger partial charge in [-0.25, -0.2) is 4.79 Å². The lowest BCUT2D eigenvalue weighted by atomic mass is 9.67. The van der Waals surface area contributed by atoms with E-state index in [4.69, 9.17) is 0 Å². The van der Waals surface area contributed by atoms with Crippen LogP contribution >= 0.6 is 0 Å². The summed E-state index contributed by atoms with van der Waals surface area (Å²) in [6.07, 6.45) is 5.54. The molecule has 3 atom stereocenters. The topological polar surface area (TPSA) is 37.3 Å². The van der Waals surface area contributed by atoms with Gasteiger partial charge in [-0.15, -0.1) is 0 Å². The zero-order valence-corrected chi connectivity index (χ0v) is 15.1. The summed E-state index contributed by atoms with van der Waals surface area (Å²) in [7, 11) is -1.24. The summed E-state index contributed by atoms with van der Waals surface area (Å²) in [5.74, 6) is 1.34. The summed E-state index contributed by atoms with van der Waals surface area (Å²) in [5.41, 5.74) is 0.706. The Balaban J connectivity index is 3.00. The Morgan fingerprint density at radius 1 is 1.30 bits per heavy atom. The molecule has 0 aromatic heterocycles. The number of rotatable bonds is 5. The highest BCUT2D eigenvalue weighted by atomic mass is 28.3. The minimum Gasteiger partial charge on any atom is -0.478 e. The van der Waals surface area contributed by atoms with Crippen molar-refractivity contribution in [1.82, 2.24) is 0 Å². The Bertz CT molecular complexity index is 366. The zero-order valence-electron chi connectivity index (χ0n) is 14.1. The van der Waals surface area contributed by atoms with Crippen LogP contribution in [0, 0.1) is 23.7 Å². The van der Waals surface area contributed by atoms with Crippen molar-refractivity contribution in [3.63, 3.8) is 0 Å². The summed E-state index contributed by atoms with van der Waals surface area (Å²) in [5, 5.41) is 9.66. The van der Waals surface area contributed by atoms with Crippen molar-refractivity contribution in [2.45, 2.75) is 65.7 Å². The van der Waals surface area contributed by atoms with Gasteiger partial charge in [0.25, 0.3) is 0 Å². The molecule has 0 saturated heterocycles. The first-order valence-corrected chi connectivity index (χ1v) is 11.8. The highest BCUT2D eigenvalue weighted by Gasteiger charge is 2.35. The molecular formula is C17H32O2Si. The van der Waals surface area contributed by atoms with Crippen molar-refractivity contribution in [3.8, 4) is 0 Å². The number of carboxylic acids is 1. The molecule has 0 heterocycles. The lowest BCUT2D eigenvalue weighted by Crippen LogP contribution is -2.31. The molecule has 0 amide bonds. The van der Waals surface area contributed by atoms with Crippen LogP contribution in [0.2, 0.25) is 25.7 Å². The summed E-state index contributed by atoms with van der Waals surface area (Å²) < 4.78 is 0. The van der Waals surface area contributed by atoms with E-state index in [1.165, 1.54) is 12.8 Å². The Morgan fingerprint density at radius 2 is 1.90 bits per heavy atom. The molecule has 1 N–H and O–H groups in total. The fraction of sp³-hybridized carbons (Fsp3) is 0.824. The third kappa shape index (κ3) is 5.08. The van der Waals surface area contributed by atoms with E-state index in [0.29, 0.717) is 23.3 Å². The van der Waals surface area contributed by atoms with Crippen LogP contribution in [0.15, 0.2) is 11.6 Å². The second-order valence-electron chi connectivity index (χ2n) is 8.16. The fourth-order valence-electron chi connectivity index (χ4n) is 3.37. The molecule has 0 aromatic carbocycles. The lowest BCUT2D eigenvalue weighted by Gasteiger charge is -2.38. The highest BCUT2D eigenvalue weighted by molar-refractivity contribution is 6.76. The highest BCUT2D eigenvalue weighted by Crippen LogP contribution is 2.42. The van der Waals surface area contributed by atoms with Crippen LogP contribution in [0.5, 0.6) is 0 Å². The Hall–Kier alpha value is -0.573. The first-order chi connectivity index (χ1) is 9.11. The molecule has 1 aliphatic carbocycles. The first kappa shape index (κ1) is 17.5. The maximum atomic E-state index is 11.7. The minimum atomic E-state index is -1.24. The van der Waals surface area contributed by atoms with Gasteiger partial charge in [-0.1, -0.05) is 52.9 Å². The van der Waals surface area contributed by atoms with Gasteiger partial charge in [-0.05, 0) is 42.6 Å². The van der Waals surface area contributed by atoms with E-state index in [9.17, 15) is 9.90 Å². The molecule has 2 nitrogen and oxygen atoms in total. The predicted octanol–water partition coefficient (Wildman–Crippen LogP) is 5.04. The van der Waals surface area contributed by atoms with Gasteiger partial charge in [0.2, 0.25) is 0 Å². The number of aliphatic carboxylic acids is 1. The number of hydrogen-bond donors (Lipinski definition) is 1. The maximum Gasteiger partial charge on any atom is 0.331 e. The van der Waals surface area contributed by atoms with Gasteiger partial charge < -0.3 is 5.11 Å². The Morgan fingerprint density at radius 3 is 2.35 bits per heavy atom. The number of carboxylic acid groups (broad SMARTS) is 1. The smallest absolute Gasteiger partial charge is 0.331 e. The van der Waals surface area contributed by atoms with Crippen LogP contribution in [-0.2, 0) is 4.79 Å². The van der Waals surface area contributed by atoms with E-state index in [-0.39, 0.29) is 5.92 Å². The molecule has 0 aromatic rings. The maximum absolute atomic E-state index is 11.7. The summed E-state index contributed by atoms with van der Waals surface area (Å²) in [6, 6.07) is 0.977. The molecule has 20 heavy (non-hydrogen) atoms. The van der Waals surface area contributed by atoms with Gasteiger partial charge in [0.15, 0.2) is 0 Å². The predicted molar refractivity (Wildman–Crippen MR) is 88.7 cm³/mol. The SMILES string of the molecule is CC(C)[C@H]1CC[C@H](C)C[C@@H]1/C(=C\C[Si](C)(C)C)C(=O)O. The van der Waals surface area contributed by atoms with E-state index in [2.05, 4.69) is 46.5 Å². The molecule has 1 saturated carbocycles. The zero-order chi connectivity index (χ0) is 15.5. The van der Waals surface area contributed by atoms with Crippen LogP contribution in [-0.4, -0.2) is 19.1 Å². The third-order valence-corrected chi connectivity index (χ3v) is 6.03. The molecule has 1 rings (SSSR count).